The van der Waals surface area contributed by atoms with Crippen molar-refractivity contribution in [1.29, 1.82) is 0 Å². The lowest BCUT2D eigenvalue weighted by atomic mass is 10.1. The van der Waals surface area contributed by atoms with Gasteiger partial charge in [-0.2, -0.15) is 0 Å². The molecular formula is C13H28N2. The van der Waals surface area contributed by atoms with E-state index in [9.17, 15) is 0 Å². The average molecular weight is 212 g/mol. The van der Waals surface area contributed by atoms with Gasteiger partial charge in [0, 0.05) is 18.8 Å². The molecule has 0 aliphatic rings. The maximum atomic E-state index is 4.03. The third-order valence-electron chi connectivity index (χ3n) is 2.48. The third-order valence-corrected chi connectivity index (χ3v) is 2.48. The van der Waals surface area contributed by atoms with Crippen LogP contribution >= 0.6 is 0 Å². The first-order valence-corrected chi connectivity index (χ1v) is 6.22. The maximum absolute atomic E-state index is 4.03. The molecule has 0 aliphatic carbocycles. The topological polar surface area (TPSA) is 15.3 Å². The molecule has 0 heterocycles. The Kier molecular flexibility index (Phi) is 8.49. The Morgan fingerprint density at radius 3 is 2.47 bits per heavy atom. The number of hydrogen-bond acceptors (Lipinski definition) is 2. The van der Waals surface area contributed by atoms with Crippen LogP contribution in [0.5, 0.6) is 0 Å². The minimum Gasteiger partial charge on any atom is -0.375 e. The normalized spacial score (nSPS) is 12.5. The molecule has 0 aromatic heterocycles. The molecule has 0 spiro atoms. The van der Waals surface area contributed by atoms with Crippen molar-refractivity contribution in [3.05, 3.63) is 12.3 Å². The minimum absolute atomic E-state index is 0.694. The molecule has 2 nitrogen and oxygen atoms in total. The van der Waals surface area contributed by atoms with Crippen molar-refractivity contribution in [2.45, 2.75) is 40.5 Å². The summed E-state index contributed by atoms with van der Waals surface area (Å²) >= 11 is 0. The first-order valence-electron chi connectivity index (χ1n) is 6.22. The largest absolute Gasteiger partial charge is 0.375 e. The Morgan fingerprint density at radius 2 is 2.00 bits per heavy atom. The summed E-state index contributed by atoms with van der Waals surface area (Å²) in [5, 5.41) is 3.46. The molecule has 0 saturated heterocycles. The van der Waals surface area contributed by atoms with Gasteiger partial charge in [-0.3, -0.25) is 0 Å². The second-order valence-corrected chi connectivity index (χ2v) is 4.49. The van der Waals surface area contributed by atoms with Gasteiger partial charge in [0.1, 0.15) is 0 Å². The maximum Gasteiger partial charge on any atom is 0.0212 e. The van der Waals surface area contributed by atoms with E-state index in [0.29, 0.717) is 5.92 Å². The third kappa shape index (κ3) is 7.43. The Hall–Kier alpha value is -0.500. The van der Waals surface area contributed by atoms with Crippen LogP contribution in [0.25, 0.3) is 0 Å². The van der Waals surface area contributed by atoms with Crippen molar-refractivity contribution >= 4 is 0 Å². The van der Waals surface area contributed by atoms with Crippen LogP contribution in [0.1, 0.15) is 40.5 Å². The molecule has 0 bridgehead atoms. The van der Waals surface area contributed by atoms with Crippen molar-refractivity contribution in [2.24, 2.45) is 5.92 Å². The van der Waals surface area contributed by atoms with E-state index >= 15 is 0 Å². The van der Waals surface area contributed by atoms with Crippen LogP contribution < -0.4 is 5.32 Å². The van der Waals surface area contributed by atoms with Gasteiger partial charge < -0.3 is 10.2 Å². The van der Waals surface area contributed by atoms with Crippen molar-refractivity contribution in [2.75, 3.05) is 26.2 Å². The van der Waals surface area contributed by atoms with Crippen LogP contribution in [0, 0.1) is 5.92 Å². The van der Waals surface area contributed by atoms with E-state index in [4.69, 9.17) is 0 Å². The fraction of sp³-hybridized carbons (Fsp3) is 0.846. The van der Waals surface area contributed by atoms with E-state index in [2.05, 4.69) is 44.5 Å². The summed E-state index contributed by atoms with van der Waals surface area (Å²) in [5.41, 5.74) is 1.19. The number of rotatable bonds is 9. The number of hydrogen-bond donors (Lipinski definition) is 1. The van der Waals surface area contributed by atoms with Gasteiger partial charge >= 0.3 is 0 Å². The van der Waals surface area contributed by atoms with Gasteiger partial charge in [0.2, 0.25) is 0 Å². The molecule has 0 amide bonds. The molecule has 0 aromatic rings. The average Bonchev–Trinajstić information content (AvgIpc) is 2.17. The van der Waals surface area contributed by atoms with Gasteiger partial charge in [0.25, 0.3) is 0 Å². The Bertz CT molecular complexity index is 166. The first kappa shape index (κ1) is 14.5. The smallest absolute Gasteiger partial charge is 0.0212 e. The lowest BCUT2D eigenvalue weighted by molar-refractivity contribution is 0.291. The fourth-order valence-corrected chi connectivity index (χ4v) is 1.67. The minimum atomic E-state index is 0.694. The van der Waals surface area contributed by atoms with E-state index in [1.54, 1.807) is 0 Å². The zero-order chi connectivity index (χ0) is 11.7. The summed E-state index contributed by atoms with van der Waals surface area (Å²) in [7, 11) is 0. The fourth-order valence-electron chi connectivity index (χ4n) is 1.67. The molecule has 1 unspecified atom stereocenters. The Balaban J connectivity index is 3.78. The second kappa shape index (κ2) is 8.78. The van der Waals surface area contributed by atoms with E-state index in [-0.39, 0.29) is 0 Å². The first-order chi connectivity index (χ1) is 7.11. The van der Waals surface area contributed by atoms with Crippen molar-refractivity contribution < 1.29 is 0 Å². The molecule has 90 valence electrons. The second-order valence-electron chi connectivity index (χ2n) is 4.49. The molecule has 0 radical (unpaired) electrons. The summed E-state index contributed by atoms with van der Waals surface area (Å²) in [6.45, 7) is 17.3. The quantitative estimate of drug-likeness (QED) is 0.591. The molecule has 1 atom stereocenters. The molecule has 0 fully saturated rings. The van der Waals surface area contributed by atoms with Crippen LogP contribution in [0.3, 0.4) is 0 Å². The number of nitrogens with zero attached hydrogens (tertiary/aromatic N) is 1. The molecule has 0 rings (SSSR count). The molecule has 0 saturated carbocycles. The highest BCUT2D eigenvalue weighted by molar-refractivity contribution is 4.89. The SMILES string of the molecule is C=C(C)N(CCC)CC(C)CNCCC. The van der Waals surface area contributed by atoms with Gasteiger partial charge in [-0.15, -0.1) is 0 Å². The van der Waals surface area contributed by atoms with Crippen LogP contribution in [-0.2, 0) is 0 Å². The van der Waals surface area contributed by atoms with E-state index in [1.165, 1.54) is 18.5 Å². The standard InChI is InChI=1S/C13H28N2/c1-6-8-14-10-13(5)11-15(9-7-2)12(3)4/h13-14H,3,6-11H2,1-2,4-5H3. The van der Waals surface area contributed by atoms with Gasteiger partial charge in [0.05, 0.1) is 0 Å². The van der Waals surface area contributed by atoms with Gasteiger partial charge in [-0.1, -0.05) is 27.4 Å². The molecule has 15 heavy (non-hydrogen) atoms. The van der Waals surface area contributed by atoms with Gasteiger partial charge in [-0.05, 0) is 38.8 Å². The predicted octanol–water partition coefficient (Wildman–Crippen LogP) is 2.87. The van der Waals surface area contributed by atoms with E-state index in [1.807, 2.05) is 0 Å². The lowest BCUT2D eigenvalue weighted by Crippen LogP contribution is -2.33. The highest BCUT2D eigenvalue weighted by Gasteiger charge is 2.08. The highest BCUT2D eigenvalue weighted by Crippen LogP contribution is 2.06. The Labute approximate surface area is 95.7 Å². The number of allylic oxidation sites excluding steroid dienone is 1. The van der Waals surface area contributed by atoms with E-state index in [0.717, 1.165) is 26.2 Å². The van der Waals surface area contributed by atoms with Crippen LogP contribution in [0.15, 0.2) is 12.3 Å². The Morgan fingerprint density at radius 1 is 1.33 bits per heavy atom. The summed E-state index contributed by atoms with van der Waals surface area (Å²) < 4.78 is 0. The zero-order valence-corrected chi connectivity index (χ0v) is 11.0. The molecule has 1 N–H and O–H groups in total. The molecule has 2 heteroatoms. The van der Waals surface area contributed by atoms with Crippen molar-refractivity contribution in [3.8, 4) is 0 Å². The van der Waals surface area contributed by atoms with Gasteiger partial charge in [-0.25, -0.2) is 0 Å². The molecule has 0 aliphatic heterocycles. The van der Waals surface area contributed by atoms with Crippen molar-refractivity contribution in [3.63, 3.8) is 0 Å². The summed E-state index contributed by atoms with van der Waals surface area (Å²) in [6, 6.07) is 0. The predicted molar refractivity (Wildman–Crippen MR) is 69.0 cm³/mol. The summed E-state index contributed by atoms with van der Waals surface area (Å²) in [5.74, 6) is 0.694. The summed E-state index contributed by atoms with van der Waals surface area (Å²) in [4.78, 5) is 2.39. The summed E-state index contributed by atoms with van der Waals surface area (Å²) in [6.07, 6.45) is 2.41. The highest BCUT2D eigenvalue weighted by atomic mass is 15.1. The lowest BCUT2D eigenvalue weighted by Gasteiger charge is -2.27. The van der Waals surface area contributed by atoms with Crippen LogP contribution in [0.2, 0.25) is 0 Å². The van der Waals surface area contributed by atoms with E-state index < -0.39 is 0 Å². The zero-order valence-electron chi connectivity index (χ0n) is 11.0. The molecular weight excluding hydrogens is 184 g/mol. The number of nitrogens with one attached hydrogen (secondary N) is 1. The van der Waals surface area contributed by atoms with Crippen LogP contribution in [-0.4, -0.2) is 31.1 Å². The van der Waals surface area contributed by atoms with Crippen LogP contribution in [0.4, 0.5) is 0 Å². The monoisotopic (exact) mass is 212 g/mol. The van der Waals surface area contributed by atoms with Crippen molar-refractivity contribution in [1.82, 2.24) is 10.2 Å². The molecule has 0 aromatic carbocycles. The van der Waals surface area contributed by atoms with Gasteiger partial charge in [0.15, 0.2) is 0 Å².